The lowest BCUT2D eigenvalue weighted by Gasteiger charge is -2.35. The molecule has 1 atom stereocenters. The van der Waals surface area contributed by atoms with E-state index in [0.717, 1.165) is 18.8 Å². The number of ether oxygens (including phenoxy) is 1. The van der Waals surface area contributed by atoms with Crippen molar-refractivity contribution in [1.29, 1.82) is 0 Å². The van der Waals surface area contributed by atoms with Crippen molar-refractivity contribution in [2.75, 3.05) is 31.1 Å². The van der Waals surface area contributed by atoms with Crippen molar-refractivity contribution in [3.63, 3.8) is 0 Å². The molecule has 2 aliphatic rings. The van der Waals surface area contributed by atoms with Crippen molar-refractivity contribution in [2.24, 2.45) is 0 Å². The van der Waals surface area contributed by atoms with Gasteiger partial charge < -0.3 is 19.9 Å². The van der Waals surface area contributed by atoms with Gasteiger partial charge in [-0.05, 0) is 57.6 Å². The molecule has 2 aliphatic heterocycles. The molecular weight excluding hydrogens is 358 g/mol. The Kier molecular flexibility index (Phi) is 7.06. The largest absolute Gasteiger partial charge is 0.450 e. The van der Waals surface area contributed by atoms with Gasteiger partial charge in [-0.25, -0.2) is 4.79 Å². The first-order valence-corrected chi connectivity index (χ1v) is 10.4. The number of carbonyl (C=O) groups excluding carboxylic acids is 2. The SMILES string of the molecule is CCOC(=O)N1CCC(NC(=O)c2ccc(N3CCCCC3CC)nn2)CC1. The minimum absolute atomic E-state index is 0.0335. The molecule has 2 amide bonds. The standard InChI is InChI=1S/C20H31N5O3/c1-3-16-7-5-6-12-25(16)18-9-8-17(22-23-18)19(26)21-15-10-13-24(14-11-15)20(27)28-4-2/h8-9,15-16H,3-7,10-14H2,1-2H3,(H,21,26). The van der Waals surface area contributed by atoms with Crippen LogP contribution in [0, 0.1) is 0 Å². The van der Waals surface area contributed by atoms with E-state index in [-0.39, 0.29) is 18.0 Å². The summed E-state index contributed by atoms with van der Waals surface area (Å²) in [5, 5.41) is 11.5. The van der Waals surface area contributed by atoms with Gasteiger partial charge in [-0.2, -0.15) is 0 Å². The fraction of sp³-hybridized carbons (Fsp3) is 0.700. The summed E-state index contributed by atoms with van der Waals surface area (Å²) in [6.45, 7) is 6.54. The Morgan fingerprint density at radius 3 is 2.54 bits per heavy atom. The summed E-state index contributed by atoms with van der Waals surface area (Å²) in [5.74, 6) is 0.644. The van der Waals surface area contributed by atoms with Crippen molar-refractivity contribution >= 4 is 17.8 Å². The fourth-order valence-electron chi connectivity index (χ4n) is 4.01. The average Bonchev–Trinajstić information content (AvgIpc) is 2.74. The van der Waals surface area contributed by atoms with Crippen LogP contribution in [0.25, 0.3) is 0 Å². The smallest absolute Gasteiger partial charge is 0.409 e. The molecule has 8 nitrogen and oxygen atoms in total. The summed E-state index contributed by atoms with van der Waals surface area (Å²) in [4.78, 5) is 28.2. The van der Waals surface area contributed by atoms with Gasteiger partial charge in [0.15, 0.2) is 11.5 Å². The highest BCUT2D eigenvalue weighted by atomic mass is 16.6. The average molecular weight is 390 g/mol. The van der Waals surface area contributed by atoms with E-state index in [1.807, 2.05) is 6.07 Å². The van der Waals surface area contributed by atoms with Crippen molar-refractivity contribution in [2.45, 2.75) is 64.5 Å². The third kappa shape index (κ3) is 4.91. The van der Waals surface area contributed by atoms with E-state index in [9.17, 15) is 9.59 Å². The number of nitrogens with zero attached hydrogens (tertiary/aromatic N) is 4. The number of hydrogen-bond acceptors (Lipinski definition) is 6. The molecule has 2 saturated heterocycles. The molecule has 0 aromatic carbocycles. The number of nitrogens with one attached hydrogen (secondary N) is 1. The number of piperidine rings is 2. The van der Waals surface area contributed by atoms with Gasteiger partial charge in [0.2, 0.25) is 0 Å². The molecule has 0 radical (unpaired) electrons. The number of rotatable bonds is 5. The minimum Gasteiger partial charge on any atom is -0.450 e. The number of anilines is 1. The van der Waals surface area contributed by atoms with Crippen LogP contribution in [0.5, 0.6) is 0 Å². The maximum absolute atomic E-state index is 12.5. The normalized spacial score (nSPS) is 20.7. The van der Waals surface area contributed by atoms with E-state index in [1.165, 1.54) is 19.3 Å². The molecule has 0 bridgehead atoms. The van der Waals surface area contributed by atoms with Crippen molar-refractivity contribution in [3.05, 3.63) is 17.8 Å². The Bertz CT molecular complexity index is 658. The van der Waals surface area contributed by atoms with Crippen molar-refractivity contribution in [3.8, 4) is 0 Å². The second-order valence-corrected chi connectivity index (χ2v) is 7.46. The summed E-state index contributed by atoms with van der Waals surface area (Å²) < 4.78 is 5.02. The quantitative estimate of drug-likeness (QED) is 0.833. The molecule has 1 N–H and O–H groups in total. The zero-order valence-electron chi connectivity index (χ0n) is 16.9. The van der Waals surface area contributed by atoms with E-state index < -0.39 is 0 Å². The highest BCUT2D eigenvalue weighted by Crippen LogP contribution is 2.24. The maximum atomic E-state index is 12.5. The highest BCUT2D eigenvalue weighted by molar-refractivity contribution is 5.92. The molecule has 2 fully saturated rings. The fourth-order valence-corrected chi connectivity index (χ4v) is 4.01. The van der Waals surface area contributed by atoms with Crippen LogP contribution in [0.1, 0.15) is 62.9 Å². The Labute approximate surface area is 166 Å². The first-order chi connectivity index (χ1) is 13.6. The number of hydrogen-bond donors (Lipinski definition) is 1. The van der Waals surface area contributed by atoms with E-state index in [1.54, 1.807) is 17.9 Å². The number of aromatic nitrogens is 2. The molecule has 1 aromatic rings. The monoisotopic (exact) mass is 389 g/mol. The Morgan fingerprint density at radius 2 is 1.89 bits per heavy atom. The third-order valence-electron chi connectivity index (χ3n) is 5.63. The number of carbonyl (C=O) groups is 2. The van der Waals surface area contributed by atoms with E-state index in [4.69, 9.17) is 4.74 Å². The van der Waals surface area contributed by atoms with Crippen LogP contribution in [0.2, 0.25) is 0 Å². The lowest BCUT2D eigenvalue weighted by atomic mass is 10.00. The minimum atomic E-state index is -0.281. The first-order valence-electron chi connectivity index (χ1n) is 10.4. The van der Waals surface area contributed by atoms with Gasteiger partial charge in [-0.1, -0.05) is 6.92 Å². The van der Waals surface area contributed by atoms with Crippen LogP contribution < -0.4 is 10.2 Å². The van der Waals surface area contributed by atoms with Gasteiger partial charge in [-0.3, -0.25) is 4.79 Å². The predicted octanol–water partition coefficient (Wildman–Crippen LogP) is 2.60. The lowest BCUT2D eigenvalue weighted by Crippen LogP contribution is -2.46. The molecule has 3 heterocycles. The maximum Gasteiger partial charge on any atom is 0.409 e. The molecule has 8 heteroatoms. The van der Waals surface area contributed by atoms with Gasteiger partial charge >= 0.3 is 6.09 Å². The van der Waals surface area contributed by atoms with Gasteiger partial charge in [-0.15, -0.1) is 10.2 Å². The van der Waals surface area contributed by atoms with Crippen molar-refractivity contribution < 1.29 is 14.3 Å². The summed E-state index contributed by atoms with van der Waals surface area (Å²) in [6, 6.07) is 4.20. The van der Waals surface area contributed by atoms with Gasteiger partial charge in [0.05, 0.1) is 6.61 Å². The molecule has 0 aliphatic carbocycles. The van der Waals surface area contributed by atoms with Crippen LogP contribution in [0.15, 0.2) is 12.1 Å². The molecule has 1 aromatic heterocycles. The molecular formula is C20H31N5O3. The lowest BCUT2D eigenvalue weighted by molar-refractivity contribution is 0.0856. The second-order valence-electron chi connectivity index (χ2n) is 7.46. The topological polar surface area (TPSA) is 87.7 Å². The highest BCUT2D eigenvalue weighted by Gasteiger charge is 2.26. The zero-order chi connectivity index (χ0) is 19.9. The summed E-state index contributed by atoms with van der Waals surface area (Å²) in [5.41, 5.74) is 0.335. The Morgan fingerprint density at radius 1 is 1.11 bits per heavy atom. The third-order valence-corrected chi connectivity index (χ3v) is 5.63. The summed E-state index contributed by atoms with van der Waals surface area (Å²) >= 11 is 0. The van der Waals surface area contributed by atoms with Crippen LogP contribution in [0.4, 0.5) is 10.6 Å². The number of likely N-dealkylation sites (tertiary alicyclic amines) is 1. The molecule has 28 heavy (non-hydrogen) atoms. The second kappa shape index (κ2) is 9.71. The summed E-state index contributed by atoms with van der Waals surface area (Å²) in [7, 11) is 0. The molecule has 1 unspecified atom stereocenters. The van der Waals surface area contributed by atoms with E-state index in [2.05, 4.69) is 27.3 Å². The number of amides is 2. The Balaban J connectivity index is 1.52. The predicted molar refractivity (Wildman–Crippen MR) is 106 cm³/mol. The molecule has 3 rings (SSSR count). The summed E-state index contributed by atoms with van der Waals surface area (Å²) in [6.07, 6.45) is 5.85. The van der Waals surface area contributed by atoms with Gasteiger partial charge in [0.25, 0.3) is 5.91 Å². The van der Waals surface area contributed by atoms with Crippen LogP contribution in [-0.2, 0) is 4.74 Å². The van der Waals surface area contributed by atoms with Gasteiger partial charge in [0, 0.05) is 31.7 Å². The van der Waals surface area contributed by atoms with Crippen LogP contribution in [-0.4, -0.2) is 65.4 Å². The van der Waals surface area contributed by atoms with Gasteiger partial charge in [0.1, 0.15) is 0 Å². The molecule has 154 valence electrons. The van der Waals surface area contributed by atoms with Crippen LogP contribution >= 0.6 is 0 Å². The van der Waals surface area contributed by atoms with Crippen molar-refractivity contribution in [1.82, 2.24) is 20.4 Å². The molecule has 0 saturated carbocycles. The molecule has 0 spiro atoms. The van der Waals surface area contributed by atoms with E-state index in [0.29, 0.717) is 44.3 Å². The Hall–Kier alpha value is -2.38. The first kappa shape index (κ1) is 20.4. The zero-order valence-corrected chi connectivity index (χ0v) is 16.9. The van der Waals surface area contributed by atoms with Crippen LogP contribution in [0.3, 0.4) is 0 Å². The van der Waals surface area contributed by atoms with E-state index >= 15 is 0 Å².